The number of hydrogen-bond donors (Lipinski definition) is 0. The minimum atomic E-state index is -0.968. The molecule has 1 heterocycles. The Bertz CT molecular complexity index is 614. The number of rotatable bonds is 4. The lowest BCUT2D eigenvalue weighted by Gasteiger charge is -2.34. The van der Waals surface area contributed by atoms with Crippen LogP contribution < -0.4 is 4.90 Å². The van der Waals surface area contributed by atoms with E-state index in [9.17, 15) is 25.0 Å². The Hall–Kier alpha value is -2.22. The highest BCUT2D eigenvalue weighted by Crippen LogP contribution is 2.41. The number of piperidine rings is 1. The van der Waals surface area contributed by atoms with Gasteiger partial charge in [-0.05, 0) is 37.8 Å². The molecule has 9 heteroatoms. The zero-order chi connectivity index (χ0) is 16.4. The van der Waals surface area contributed by atoms with Crippen LogP contribution in [0.2, 0.25) is 0 Å². The second kappa shape index (κ2) is 6.27. The Morgan fingerprint density at radius 2 is 1.77 bits per heavy atom. The van der Waals surface area contributed by atoms with Crippen LogP contribution in [-0.2, 0) is 0 Å². The number of benzene rings is 1. The van der Waals surface area contributed by atoms with Gasteiger partial charge in [-0.15, -0.1) is 0 Å². The summed E-state index contributed by atoms with van der Waals surface area (Å²) in [4.78, 5) is 34.1. The Labute approximate surface area is 131 Å². The van der Waals surface area contributed by atoms with Gasteiger partial charge in [0.2, 0.25) is 0 Å². The van der Waals surface area contributed by atoms with Crippen LogP contribution >= 0.6 is 11.6 Å². The maximum atomic E-state index is 11.3. The third-order valence-electron chi connectivity index (χ3n) is 3.78. The van der Waals surface area contributed by atoms with E-state index < -0.39 is 26.5 Å². The van der Waals surface area contributed by atoms with Crippen molar-refractivity contribution < 1.29 is 14.6 Å². The Balaban J connectivity index is 2.70. The van der Waals surface area contributed by atoms with E-state index in [2.05, 4.69) is 0 Å². The van der Waals surface area contributed by atoms with E-state index in [1.54, 1.807) is 4.90 Å². The molecule has 22 heavy (non-hydrogen) atoms. The van der Waals surface area contributed by atoms with Gasteiger partial charge in [0.25, 0.3) is 16.6 Å². The Morgan fingerprint density at radius 3 is 2.18 bits per heavy atom. The van der Waals surface area contributed by atoms with Crippen molar-refractivity contribution in [1.82, 2.24) is 0 Å². The maximum Gasteiger partial charge on any atom is 0.300 e. The average Bonchev–Trinajstić information content (AvgIpc) is 2.46. The topological polar surface area (TPSA) is 107 Å². The molecular formula is C13H14ClN3O5. The van der Waals surface area contributed by atoms with Gasteiger partial charge in [0.05, 0.1) is 9.85 Å². The fourth-order valence-corrected chi connectivity index (χ4v) is 2.83. The van der Waals surface area contributed by atoms with Crippen molar-refractivity contribution in [2.75, 3.05) is 11.4 Å². The number of halogens is 1. The summed E-state index contributed by atoms with van der Waals surface area (Å²) >= 11 is 5.33. The first-order valence-electron chi connectivity index (χ1n) is 6.76. The average molecular weight is 328 g/mol. The van der Waals surface area contributed by atoms with Gasteiger partial charge in [-0.25, -0.2) is 0 Å². The van der Waals surface area contributed by atoms with Gasteiger partial charge in [0, 0.05) is 30.3 Å². The molecule has 8 nitrogen and oxygen atoms in total. The molecule has 1 saturated heterocycles. The van der Waals surface area contributed by atoms with Crippen molar-refractivity contribution in [2.24, 2.45) is 0 Å². The molecule has 0 unspecified atom stereocenters. The first-order chi connectivity index (χ1) is 10.3. The molecule has 1 aliphatic heterocycles. The number of nitro benzene ring substituents is 2. The summed E-state index contributed by atoms with van der Waals surface area (Å²) in [6.45, 7) is 2.37. The number of anilines is 1. The van der Waals surface area contributed by atoms with Crippen molar-refractivity contribution >= 4 is 33.9 Å². The van der Waals surface area contributed by atoms with E-state index >= 15 is 0 Å². The molecule has 1 aromatic rings. The lowest BCUT2D eigenvalue weighted by molar-refractivity contribution is -0.392. The molecule has 0 spiro atoms. The van der Waals surface area contributed by atoms with E-state index in [0.717, 1.165) is 31.4 Å². The minimum absolute atomic E-state index is 0.0520. The smallest absolute Gasteiger partial charge is 0.300 e. The van der Waals surface area contributed by atoms with Gasteiger partial charge in [-0.2, -0.15) is 0 Å². The predicted molar refractivity (Wildman–Crippen MR) is 80.6 cm³/mol. The first-order valence-corrected chi connectivity index (χ1v) is 7.14. The normalized spacial score (nSPS) is 18.1. The highest BCUT2D eigenvalue weighted by atomic mass is 35.5. The second-order valence-electron chi connectivity index (χ2n) is 5.19. The summed E-state index contributed by atoms with van der Waals surface area (Å²) in [5.41, 5.74) is -1.24. The molecule has 0 N–H and O–H groups in total. The van der Waals surface area contributed by atoms with Gasteiger partial charge in [0.1, 0.15) is 0 Å². The summed E-state index contributed by atoms with van der Waals surface area (Å²) in [6.07, 6.45) is 2.57. The Morgan fingerprint density at radius 1 is 1.23 bits per heavy atom. The number of nitrogens with zero attached hydrogens (tertiary/aromatic N) is 3. The molecule has 1 aliphatic rings. The first kappa shape index (κ1) is 16.2. The zero-order valence-electron chi connectivity index (χ0n) is 11.8. The molecule has 1 fully saturated rings. The van der Waals surface area contributed by atoms with Gasteiger partial charge in [-0.1, -0.05) is 0 Å². The van der Waals surface area contributed by atoms with Crippen molar-refractivity contribution in [1.29, 1.82) is 0 Å². The van der Waals surface area contributed by atoms with Crippen LogP contribution in [0.25, 0.3) is 0 Å². The molecular weight excluding hydrogens is 314 g/mol. The highest BCUT2D eigenvalue weighted by Gasteiger charge is 2.34. The predicted octanol–water partition coefficient (Wildman–Crippen LogP) is 3.26. The molecule has 1 aromatic carbocycles. The van der Waals surface area contributed by atoms with Gasteiger partial charge < -0.3 is 4.90 Å². The molecule has 0 bridgehead atoms. The standard InChI is InChI=1S/C13H14ClN3O5/c1-8-4-2-3-5-15(8)12-10(16(19)20)6-9(13(14)18)7-11(12)17(21)22/h6-8H,2-5H2,1H3/t8-/m1/s1. The van der Waals surface area contributed by atoms with Crippen molar-refractivity contribution in [2.45, 2.75) is 32.2 Å². The molecule has 0 aromatic heterocycles. The van der Waals surface area contributed by atoms with Crippen molar-refractivity contribution in [3.8, 4) is 0 Å². The van der Waals surface area contributed by atoms with Crippen LogP contribution in [0.15, 0.2) is 12.1 Å². The quantitative estimate of drug-likeness (QED) is 0.477. The molecule has 0 aliphatic carbocycles. The zero-order valence-corrected chi connectivity index (χ0v) is 12.6. The summed E-state index contributed by atoms with van der Waals surface area (Å²) in [5, 5.41) is 21.7. The number of carbonyl (C=O) groups excluding carboxylic acids is 1. The summed E-state index contributed by atoms with van der Waals surface area (Å²) < 4.78 is 0. The monoisotopic (exact) mass is 327 g/mol. The summed E-state index contributed by atoms with van der Waals surface area (Å²) in [6, 6.07) is 1.95. The lowest BCUT2D eigenvalue weighted by Crippen LogP contribution is -2.38. The molecule has 1 atom stereocenters. The number of hydrogen-bond acceptors (Lipinski definition) is 6. The van der Waals surface area contributed by atoms with E-state index in [-0.39, 0.29) is 17.3 Å². The van der Waals surface area contributed by atoms with Gasteiger partial charge in [-0.3, -0.25) is 25.0 Å². The molecule has 118 valence electrons. The fourth-order valence-electron chi connectivity index (χ4n) is 2.72. The van der Waals surface area contributed by atoms with Crippen LogP contribution in [0.1, 0.15) is 36.5 Å². The fraction of sp³-hybridized carbons (Fsp3) is 0.462. The van der Waals surface area contributed by atoms with E-state index in [1.165, 1.54) is 0 Å². The van der Waals surface area contributed by atoms with Gasteiger partial charge in [0.15, 0.2) is 5.69 Å². The van der Waals surface area contributed by atoms with Crippen LogP contribution in [-0.4, -0.2) is 27.7 Å². The Kier molecular flexibility index (Phi) is 4.60. The van der Waals surface area contributed by atoms with E-state index in [0.29, 0.717) is 6.54 Å². The molecule has 0 saturated carbocycles. The number of carbonyl (C=O) groups is 1. The SMILES string of the molecule is C[C@@H]1CCCCN1c1c([N+](=O)[O-])cc(C(=O)Cl)cc1[N+](=O)[O-]. The largest absolute Gasteiger partial charge is 0.358 e. The van der Waals surface area contributed by atoms with Crippen molar-refractivity contribution in [3.05, 3.63) is 37.9 Å². The third kappa shape index (κ3) is 3.01. The third-order valence-corrected chi connectivity index (χ3v) is 4.00. The second-order valence-corrected chi connectivity index (χ2v) is 5.53. The molecule has 0 amide bonds. The highest BCUT2D eigenvalue weighted by molar-refractivity contribution is 6.67. The summed E-state index contributed by atoms with van der Waals surface area (Å²) in [5.74, 6) is 0. The van der Waals surface area contributed by atoms with Crippen LogP contribution in [0.4, 0.5) is 17.1 Å². The molecule has 2 rings (SSSR count). The minimum Gasteiger partial charge on any atom is -0.358 e. The van der Waals surface area contributed by atoms with Crippen LogP contribution in [0, 0.1) is 20.2 Å². The maximum absolute atomic E-state index is 11.3. The lowest BCUT2D eigenvalue weighted by atomic mass is 10.0. The van der Waals surface area contributed by atoms with E-state index in [1.807, 2.05) is 6.92 Å². The van der Waals surface area contributed by atoms with Gasteiger partial charge >= 0.3 is 0 Å². The van der Waals surface area contributed by atoms with Crippen LogP contribution in [0.3, 0.4) is 0 Å². The van der Waals surface area contributed by atoms with Crippen molar-refractivity contribution in [3.63, 3.8) is 0 Å². The summed E-state index contributed by atoms with van der Waals surface area (Å²) in [7, 11) is 0. The number of nitro groups is 2. The van der Waals surface area contributed by atoms with Crippen LogP contribution in [0.5, 0.6) is 0 Å². The van der Waals surface area contributed by atoms with E-state index in [4.69, 9.17) is 11.6 Å². The molecule has 0 radical (unpaired) electrons.